The molecule has 2 aliphatic heterocycles. The van der Waals surface area contributed by atoms with Crippen molar-refractivity contribution in [2.24, 2.45) is 11.3 Å². The van der Waals surface area contributed by atoms with Gasteiger partial charge in [-0.3, -0.25) is 14.4 Å². The summed E-state index contributed by atoms with van der Waals surface area (Å²) in [6.45, 7) is 5.29. The molecule has 0 radical (unpaired) electrons. The molecule has 8 heteroatoms. The minimum atomic E-state index is -0.773. The van der Waals surface area contributed by atoms with Crippen LogP contribution < -0.4 is 5.56 Å². The van der Waals surface area contributed by atoms with Crippen LogP contribution in [0.5, 0.6) is 0 Å². The third-order valence-electron chi connectivity index (χ3n) is 5.01. The molecule has 1 amide bonds. The summed E-state index contributed by atoms with van der Waals surface area (Å²) >= 11 is 0. The van der Waals surface area contributed by atoms with Gasteiger partial charge in [-0.2, -0.15) is 0 Å². The number of ether oxygens (including phenoxy) is 2. The maximum Gasteiger partial charge on any atom is 0.316 e. The van der Waals surface area contributed by atoms with E-state index in [1.54, 1.807) is 11.0 Å². The molecule has 0 aliphatic carbocycles. The minimum Gasteiger partial charge on any atom is -0.468 e. The molecule has 3 heterocycles. The van der Waals surface area contributed by atoms with Crippen LogP contribution in [0.1, 0.15) is 35.8 Å². The van der Waals surface area contributed by atoms with Crippen LogP contribution in [0.2, 0.25) is 0 Å². The lowest BCUT2D eigenvalue weighted by atomic mass is 9.81. The van der Waals surface area contributed by atoms with E-state index in [1.807, 2.05) is 13.8 Å². The summed E-state index contributed by atoms with van der Waals surface area (Å²) < 4.78 is 10.4. The maximum absolute atomic E-state index is 13.0. The predicted octanol–water partition coefficient (Wildman–Crippen LogP) is 1.18. The van der Waals surface area contributed by atoms with E-state index in [2.05, 4.69) is 4.98 Å². The van der Waals surface area contributed by atoms with Crippen molar-refractivity contribution in [3.05, 3.63) is 33.7 Å². The summed E-state index contributed by atoms with van der Waals surface area (Å²) in [5, 5.41) is 0. The van der Waals surface area contributed by atoms with E-state index in [4.69, 9.17) is 9.47 Å². The van der Waals surface area contributed by atoms with Crippen molar-refractivity contribution in [3.8, 4) is 0 Å². The number of aromatic nitrogens is 1. The van der Waals surface area contributed by atoms with E-state index >= 15 is 0 Å². The molecule has 7 nitrogen and oxygen atoms in total. The van der Waals surface area contributed by atoms with Gasteiger partial charge in [0.15, 0.2) is 0 Å². The Labute approximate surface area is 152 Å². The highest BCUT2D eigenvalue weighted by atomic mass is 35.5. The number of hydrogen-bond acceptors (Lipinski definition) is 5. The molecule has 0 unspecified atom stereocenters. The molecule has 2 aliphatic rings. The quantitative estimate of drug-likeness (QED) is 0.807. The maximum atomic E-state index is 13.0. The standard InChI is InChI=1S/C17H22N2O5.ClH/c1-10(2)14-12(4-5-13(20)18-14)15(21)19-6-11-7-24-9-17(11,8-19)16(22)23-3;/h4-5,10-11H,6-9H2,1-3H3,(H,18,20);1H/t11-,17-;/m0./s1. The van der Waals surface area contributed by atoms with Crippen LogP contribution in [-0.2, 0) is 14.3 Å². The summed E-state index contributed by atoms with van der Waals surface area (Å²) in [7, 11) is 1.36. The van der Waals surface area contributed by atoms with E-state index in [-0.39, 0.29) is 54.8 Å². The number of nitrogens with one attached hydrogen (secondary N) is 1. The van der Waals surface area contributed by atoms with Crippen LogP contribution in [0.25, 0.3) is 0 Å². The summed E-state index contributed by atoms with van der Waals surface area (Å²) in [5.74, 6) is -0.546. The second-order valence-electron chi connectivity index (χ2n) is 6.85. The number of esters is 1. The highest BCUT2D eigenvalue weighted by molar-refractivity contribution is 5.96. The Hall–Kier alpha value is -1.86. The van der Waals surface area contributed by atoms with E-state index in [0.717, 1.165) is 0 Å². The van der Waals surface area contributed by atoms with Crippen molar-refractivity contribution in [3.63, 3.8) is 0 Å². The number of rotatable bonds is 3. The predicted molar refractivity (Wildman–Crippen MR) is 93.1 cm³/mol. The lowest BCUT2D eigenvalue weighted by Crippen LogP contribution is -2.41. The van der Waals surface area contributed by atoms with Gasteiger partial charge in [-0.15, -0.1) is 12.4 Å². The Bertz CT molecular complexity index is 732. The number of nitrogens with zero attached hydrogens (tertiary/aromatic N) is 1. The van der Waals surface area contributed by atoms with Crippen LogP contribution in [0.3, 0.4) is 0 Å². The molecule has 2 atom stereocenters. The second-order valence-corrected chi connectivity index (χ2v) is 6.85. The smallest absolute Gasteiger partial charge is 0.316 e. The van der Waals surface area contributed by atoms with Gasteiger partial charge in [-0.1, -0.05) is 13.8 Å². The zero-order valence-electron chi connectivity index (χ0n) is 14.5. The van der Waals surface area contributed by atoms with Gasteiger partial charge in [0.1, 0.15) is 5.41 Å². The Morgan fingerprint density at radius 1 is 1.40 bits per heavy atom. The molecule has 3 rings (SSSR count). The number of aromatic amines is 1. The van der Waals surface area contributed by atoms with Crippen LogP contribution in [0, 0.1) is 11.3 Å². The highest BCUT2D eigenvalue weighted by Crippen LogP contribution is 2.42. The van der Waals surface area contributed by atoms with Crippen molar-refractivity contribution in [1.29, 1.82) is 0 Å². The summed E-state index contributed by atoms with van der Waals surface area (Å²) in [6, 6.07) is 2.92. The molecule has 1 N–H and O–H groups in total. The van der Waals surface area contributed by atoms with E-state index in [1.165, 1.54) is 13.2 Å². The number of carbonyl (C=O) groups excluding carboxylic acids is 2. The average molecular weight is 371 g/mol. The van der Waals surface area contributed by atoms with Gasteiger partial charge in [0.2, 0.25) is 5.56 Å². The van der Waals surface area contributed by atoms with Gasteiger partial charge < -0.3 is 19.4 Å². The summed E-state index contributed by atoms with van der Waals surface area (Å²) in [5.41, 5.74) is 0.0938. The molecular formula is C17H23ClN2O5. The first-order valence-corrected chi connectivity index (χ1v) is 8.07. The molecule has 0 spiro atoms. The summed E-state index contributed by atoms with van der Waals surface area (Å²) in [6.07, 6.45) is 0. The fraction of sp³-hybridized carbons (Fsp3) is 0.588. The monoisotopic (exact) mass is 370 g/mol. The molecule has 0 aromatic carbocycles. The first-order chi connectivity index (χ1) is 11.4. The zero-order valence-corrected chi connectivity index (χ0v) is 15.4. The number of fused-ring (bicyclic) bond motifs is 1. The number of methoxy groups -OCH3 is 1. The van der Waals surface area contributed by atoms with Gasteiger partial charge in [0, 0.05) is 30.8 Å². The fourth-order valence-electron chi connectivity index (χ4n) is 3.68. The van der Waals surface area contributed by atoms with E-state index in [9.17, 15) is 14.4 Å². The molecular weight excluding hydrogens is 348 g/mol. The number of halogens is 1. The zero-order chi connectivity index (χ0) is 17.5. The van der Waals surface area contributed by atoms with Crippen molar-refractivity contribution in [1.82, 2.24) is 9.88 Å². The molecule has 0 bridgehead atoms. The first kappa shape index (κ1) is 19.5. The van der Waals surface area contributed by atoms with Crippen LogP contribution >= 0.6 is 12.4 Å². The van der Waals surface area contributed by atoms with Gasteiger partial charge in [-0.05, 0) is 12.0 Å². The number of H-pyrrole nitrogens is 1. The van der Waals surface area contributed by atoms with E-state index in [0.29, 0.717) is 24.4 Å². The molecule has 138 valence electrons. The Balaban J connectivity index is 0.00000225. The molecule has 2 saturated heterocycles. The number of carbonyl (C=O) groups is 2. The number of hydrogen-bond donors (Lipinski definition) is 1. The van der Waals surface area contributed by atoms with Gasteiger partial charge in [-0.25, -0.2) is 0 Å². The number of pyridine rings is 1. The minimum absolute atomic E-state index is 0. The molecule has 2 fully saturated rings. The Morgan fingerprint density at radius 2 is 2.12 bits per heavy atom. The van der Waals surface area contributed by atoms with Crippen molar-refractivity contribution in [2.75, 3.05) is 33.4 Å². The van der Waals surface area contributed by atoms with Crippen molar-refractivity contribution < 1.29 is 19.1 Å². The van der Waals surface area contributed by atoms with Gasteiger partial charge in [0.25, 0.3) is 5.91 Å². The second kappa shape index (κ2) is 7.17. The molecule has 1 aromatic heterocycles. The Kier molecular flexibility index (Phi) is 5.58. The van der Waals surface area contributed by atoms with Crippen LogP contribution in [0.4, 0.5) is 0 Å². The normalized spacial score (nSPS) is 24.8. The topological polar surface area (TPSA) is 88.7 Å². The highest BCUT2D eigenvalue weighted by Gasteiger charge is 2.57. The fourth-order valence-corrected chi connectivity index (χ4v) is 3.68. The molecule has 25 heavy (non-hydrogen) atoms. The summed E-state index contributed by atoms with van der Waals surface area (Å²) in [4.78, 5) is 41.2. The first-order valence-electron chi connectivity index (χ1n) is 8.07. The third-order valence-corrected chi connectivity index (χ3v) is 5.01. The van der Waals surface area contributed by atoms with Crippen LogP contribution in [0.15, 0.2) is 16.9 Å². The van der Waals surface area contributed by atoms with E-state index < -0.39 is 5.41 Å². The van der Waals surface area contributed by atoms with Crippen molar-refractivity contribution >= 4 is 24.3 Å². The Morgan fingerprint density at radius 3 is 2.76 bits per heavy atom. The number of likely N-dealkylation sites (tertiary alicyclic amines) is 1. The van der Waals surface area contributed by atoms with Crippen LogP contribution in [-0.4, -0.2) is 55.2 Å². The van der Waals surface area contributed by atoms with Gasteiger partial charge >= 0.3 is 5.97 Å². The average Bonchev–Trinajstić information content (AvgIpc) is 3.11. The third kappa shape index (κ3) is 3.18. The van der Waals surface area contributed by atoms with Gasteiger partial charge in [0.05, 0.1) is 25.9 Å². The molecule has 1 aromatic rings. The number of amides is 1. The largest absolute Gasteiger partial charge is 0.468 e. The molecule has 0 saturated carbocycles. The lowest BCUT2D eigenvalue weighted by Gasteiger charge is -2.24. The SMILES string of the molecule is COC(=O)[C@@]12COC[C@@H]1CN(C(=O)c1ccc(=O)[nH]c1C(C)C)C2.Cl. The van der Waals surface area contributed by atoms with Crippen molar-refractivity contribution in [2.45, 2.75) is 19.8 Å². The lowest BCUT2D eigenvalue weighted by molar-refractivity contribution is -0.153.